The summed E-state index contributed by atoms with van der Waals surface area (Å²) in [6.07, 6.45) is 1.44. The second-order valence-corrected chi connectivity index (χ2v) is 12.2. The van der Waals surface area contributed by atoms with Gasteiger partial charge in [-0.2, -0.15) is 0 Å². The van der Waals surface area contributed by atoms with Gasteiger partial charge in [0.2, 0.25) is 21.8 Å². The molecule has 0 spiro atoms. The van der Waals surface area contributed by atoms with Gasteiger partial charge in [0, 0.05) is 26.1 Å². The third-order valence-corrected chi connectivity index (χ3v) is 7.71. The summed E-state index contributed by atoms with van der Waals surface area (Å²) in [6, 6.07) is 11.1. The number of hydrogen-bond acceptors (Lipinski definition) is 5. The van der Waals surface area contributed by atoms with Crippen molar-refractivity contribution in [3.8, 4) is 5.75 Å². The minimum atomic E-state index is -3.59. The van der Waals surface area contributed by atoms with E-state index in [4.69, 9.17) is 27.9 Å². The maximum Gasteiger partial charge on any atom is 0.242 e. The van der Waals surface area contributed by atoms with E-state index >= 15 is 0 Å². The van der Waals surface area contributed by atoms with Crippen LogP contribution >= 0.6 is 23.2 Å². The number of nitrogens with zero attached hydrogens (tertiary/aromatic N) is 2. The first-order valence-electron chi connectivity index (χ1n) is 12.5. The lowest BCUT2D eigenvalue weighted by molar-refractivity contribution is -0.140. The third-order valence-electron chi connectivity index (χ3n) is 5.78. The van der Waals surface area contributed by atoms with Crippen LogP contribution in [0, 0.1) is 5.92 Å². The van der Waals surface area contributed by atoms with Crippen LogP contribution < -0.4 is 14.4 Å². The molecule has 0 unspecified atom stereocenters. The van der Waals surface area contributed by atoms with Gasteiger partial charge in [-0.1, -0.05) is 43.1 Å². The first kappa shape index (κ1) is 31.7. The molecule has 0 aliphatic heterocycles. The Kier molecular flexibility index (Phi) is 12.2. The number of benzene rings is 2. The predicted molar refractivity (Wildman–Crippen MR) is 153 cm³/mol. The number of sulfonamides is 1. The van der Waals surface area contributed by atoms with E-state index in [-0.39, 0.29) is 43.7 Å². The van der Waals surface area contributed by atoms with Crippen molar-refractivity contribution in [1.29, 1.82) is 0 Å². The van der Waals surface area contributed by atoms with E-state index in [1.54, 1.807) is 49.4 Å². The molecule has 8 nitrogen and oxygen atoms in total. The highest BCUT2D eigenvalue weighted by atomic mass is 35.5. The van der Waals surface area contributed by atoms with Crippen LogP contribution in [0.1, 0.15) is 46.1 Å². The fourth-order valence-electron chi connectivity index (χ4n) is 3.75. The summed E-state index contributed by atoms with van der Waals surface area (Å²) in [5, 5.41) is 3.62. The number of carbonyl (C=O) groups is 2. The monoisotopic (exact) mass is 585 g/mol. The predicted octanol–water partition coefficient (Wildman–Crippen LogP) is 5.13. The number of anilines is 1. The molecule has 0 bridgehead atoms. The Hall–Kier alpha value is -2.49. The Morgan fingerprint density at radius 2 is 1.68 bits per heavy atom. The zero-order chi connectivity index (χ0) is 28.5. The van der Waals surface area contributed by atoms with Crippen molar-refractivity contribution in [2.75, 3.05) is 30.3 Å². The van der Waals surface area contributed by atoms with Crippen LogP contribution in [0.4, 0.5) is 5.69 Å². The Balaban J connectivity index is 2.17. The Bertz CT molecular complexity index is 1190. The Morgan fingerprint density at radius 1 is 1.03 bits per heavy atom. The van der Waals surface area contributed by atoms with Crippen LogP contribution in [-0.4, -0.2) is 57.1 Å². The zero-order valence-corrected chi connectivity index (χ0v) is 24.9. The molecule has 0 saturated carbocycles. The van der Waals surface area contributed by atoms with Crippen molar-refractivity contribution >= 4 is 50.7 Å². The topological polar surface area (TPSA) is 96.0 Å². The van der Waals surface area contributed by atoms with Crippen molar-refractivity contribution in [3.05, 3.63) is 58.1 Å². The molecular formula is C27H37Cl2N3O5S. The Labute approximate surface area is 236 Å². The van der Waals surface area contributed by atoms with Crippen LogP contribution in [-0.2, 0) is 26.2 Å². The normalized spacial score (nSPS) is 12.2. The summed E-state index contributed by atoms with van der Waals surface area (Å²) in [6.45, 7) is 8.77. The SMILES string of the molecule is CCOc1ccc(N(CCCC(=O)N(Cc2ccc(Cl)c(Cl)c2)[C@@H](C)C(=O)NCC(C)C)S(C)(=O)=O)cc1. The molecule has 2 aromatic carbocycles. The summed E-state index contributed by atoms with van der Waals surface area (Å²) in [5.74, 6) is 0.361. The number of halogens is 2. The van der Waals surface area contributed by atoms with Gasteiger partial charge in [-0.25, -0.2) is 8.42 Å². The molecule has 2 aromatic rings. The molecule has 1 atom stereocenters. The molecule has 0 saturated heterocycles. The number of carbonyl (C=O) groups excluding carboxylic acids is 2. The van der Waals surface area contributed by atoms with Gasteiger partial charge in [0.05, 0.1) is 28.6 Å². The molecule has 2 amide bonds. The lowest BCUT2D eigenvalue weighted by Crippen LogP contribution is -2.48. The average Bonchev–Trinajstić information content (AvgIpc) is 2.85. The largest absolute Gasteiger partial charge is 0.494 e. The van der Waals surface area contributed by atoms with E-state index in [9.17, 15) is 18.0 Å². The summed E-state index contributed by atoms with van der Waals surface area (Å²) in [7, 11) is -3.59. The molecule has 1 N–H and O–H groups in total. The van der Waals surface area contributed by atoms with Crippen molar-refractivity contribution in [2.24, 2.45) is 5.92 Å². The summed E-state index contributed by atoms with van der Waals surface area (Å²) in [4.78, 5) is 27.7. The van der Waals surface area contributed by atoms with Gasteiger partial charge in [-0.15, -0.1) is 0 Å². The molecule has 0 aliphatic rings. The van der Waals surface area contributed by atoms with E-state index < -0.39 is 16.1 Å². The van der Waals surface area contributed by atoms with Gasteiger partial charge in [0.1, 0.15) is 11.8 Å². The highest BCUT2D eigenvalue weighted by Gasteiger charge is 2.27. The fraction of sp³-hybridized carbons (Fsp3) is 0.481. The summed E-state index contributed by atoms with van der Waals surface area (Å²) in [5.41, 5.74) is 1.21. The second kappa shape index (κ2) is 14.6. The van der Waals surface area contributed by atoms with Gasteiger partial charge in [0.25, 0.3) is 0 Å². The third kappa shape index (κ3) is 9.67. The van der Waals surface area contributed by atoms with Crippen LogP contribution in [0.5, 0.6) is 5.75 Å². The van der Waals surface area contributed by atoms with Crippen LogP contribution in [0.2, 0.25) is 10.0 Å². The maximum atomic E-state index is 13.4. The molecule has 0 radical (unpaired) electrons. The first-order valence-corrected chi connectivity index (χ1v) is 15.2. The highest BCUT2D eigenvalue weighted by molar-refractivity contribution is 7.92. The molecule has 38 heavy (non-hydrogen) atoms. The minimum Gasteiger partial charge on any atom is -0.494 e. The highest BCUT2D eigenvalue weighted by Crippen LogP contribution is 2.25. The molecule has 0 fully saturated rings. The smallest absolute Gasteiger partial charge is 0.242 e. The number of amides is 2. The zero-order valence-electron chi connectivity index (χ0n) is 22.5. The Morgan fingerprint density at radius 3 is 2.24 bits per heavy atom. The van der Waals surface area contributed by atoms with Gasteiger partial charge < -0.3 is 15.0 Å². The van der Waals surface area contributed by atoms with Gasteiger partial charge >= 0.3 is 0 Å². The van der Waals surface area contributed by atoms with E-state index in [0.29, 0.717) is 34.6 Å². The van der Waals surface area contributed by atoms with Crippen LogP contribution in [0.3, 0.4) is 0 Å². The van der Waals surface area contributed by atoms with E-state index in [2.05, 4.69) is 5.32 Å². The average molecular weight is 587 g/mol. The van der Waals surface area contributed by atoms with Crippen molar-refractivity contribution in [1.82, 2.24) is 10.2 Å². The number of ether oxygens (including phenoxy) is 1. The molecule has 0 aromatic heterocycles. The molecule has 11 heteroatoms. The standard InChI is InChI=1S/C27H37Cl2N3O5S/c1-6-37-23-12-10-22(11-13-23)32(38(5,35)36)15-7-8-26(33)31(20(4)27(34)30-17-19(2)3)18-21-9-14-24(28)25(29)16-21/h9-14,16,19-20H,6-8,15,17-18H2,1-5H3,(H,30,34)/t20-/m0/s1. The minimum absolute atomic E-state index is 0.0478. The van der Waals surface area contributed by atoms with Crippen molar-refractivity contribution in [3.63, 3.8) is 0 Å². The quantitative estimate of drug-likeness (QED) is 0.331. The molecular weight excluding hydrogens is 549 g/mol. The van der Waals surface area contributed by atoms with E-state index in [1.807, 2.05) is 20.8 Å². The van der Waals surface area contributed by atoms with E-state index in [0.717, 1.165) is 11.8 Å². The van der Waals surface area contributed by atoms with Crippen molar-refractivity contribution < 1.29 is 22.7 Å². The first-order chi connectivity index (χ1) is 17.8. The molecule has 0 aliphatic carbocycles. The van der Waals surface area contributed by atoms with Gasteiger partial charge in [-0.05, 0) is 68.1 Å². The van der Waals surface area contributed by atoms with Gasteiger partial charge in [0.15, 0.2) is 0 Å². The summed E-state index contributed by atoms with van der Waals surface area (Å²) < 4.78 is 31.7. The molecule has 2 rings (SSSR count). The van der Waals surface area contributed by atoms with E-state index in [1.165, 1.54) is 9.21 Å². The number of hydrogen-bond donors (Lipinski definition) is 1. The lowest BCUT2D eigenvalue weighted by Gasteiger charge is -2.30. The lowest BCUT2D eigenvalue weighted by atomic mass is 10.1. The summed E-state index contributed by atoms with van der Waals surface area (Å²) >= 11 is 12.2. The molecule has 210 valence electrons. The molecule has 0 heterocycles. The van der Waals surface area contributed by atoms with Crippen LogP contribution in [0.15, 0.2) is 42.5 Å². The van der Waals surface area contributed by atoms with Gasteiger partial charge in [-0.3, -0.25) is 13.9 Å². The number of nitrogens with one attached hydrogen (secondary N) is 1. The number of rotatable bonds is 14. The fourth-order valence-corrected chi connectivity index (χ4v) is 5.04. The van der Waals surface area contributed by atoms with Crippen LogP contribution in [0.25, 0.3) is 0 Å². The maximum absolute atomic E-state index is 13.4. The van der Waals surface area contributed by atoms with Crippen molar-refractivity contribution in [2.45, 2.75) is 53.1 Å². The second-order valence-electron chi connectivity index (χ2n) is 9.45.